The van der Waals surface area contributed by atoms with E-state index in [1.54, 1.807) is 0 Å². The Bertz CT molecular complexity index is 2480. The molecule has 0 fully saturated rings. The summed E-state index contributed by atoms with van der Waals surface area (Å²) < 4.78 is 0. The van der Waals surface area contributed by atoms with Crippen molar-refractivity contribution in [3.05, 3.63) is 149 Å². The van der Waals surface area contributed by atoms with Crippen molar-refractivity contribution in [3.8, 4) is 22.3 Å². The summed E-state index contributed by atoms with van der Waals surface area (Å²) in [6.45, 7) is 24.5. The van der Waals surface area contributed by atoms with Crippen LogP contribution < -0.4 is 4.90 Å². The molecule has 1 nitrogen and oxygen atoms in total. The summed E-state index contributed by atoms with van der Waals surface area (Å²) in [6.07, 6.45) is 4.75. The van der Waals surface area contributed by atoms with Crippen molar-refractivity contribution in [2.24, 2.45) is 0 Å². The summed E-state index contributed by atoms with van der Waals surface area (Å²) in [5, 5.41) is 2.52. The molecule has 0 heterocycles. The normalized spacial score (nSPS) is 19.4. The van der Waals surface area contributed by atoms with Crippen LogP contribution in [0.2, 0.25) is 0 Å². The smallest absolute Gasteiger partial charge is 0.0543 e. The van der Waals surface area contributed by atoms with E-state index in [1.807, 2.05) is 0 Å². The molecule has 0 bridgehead atoms. The van der Waals surface area contributed by atoms with Gasteiger partial charge in [0.1, 0.15) is 0 Å². The molecule has 54 heavy (non-hydrogen) atoms. The van der Waals surface area contributed by atoms with Gasteiger partial charge >= 0.3 is 0 Å². The molecule has 0 unspecified atom stereocenters. The maximum absolute atomic E-state index is 2.61. The molecule has 3 aliphatic rings. The summed E-state index contributed by atoms with van der Waals surface area (Å²) >= 11 is 0. The van der Waals surface area contributed by atoms with Crippen LogP contribution in [-0.2, 0) is 27.1 Å². The number of hydrogen-bond acceptors (Lipinski definition) is 1. The van der Waals surface area contributed by atoms with Gasteiger partial charge in [0.05, 0.1) is 5.69 Å². The van der Waals surface area contributed by atoms with E-state index in [9.17, 15) is 0 Å². The fraction of sp³-hybridized carbons (Fsp3) is 0.358. The number of benzene rings is 6. The first-order valence-corrected chi connectivity index (χ1v) is 20.4. The molecule has 6 aromatic carbocycles. The molecule has 274 valence electrons. The Labute approximate surface area is 324 Å². The second kappa shape index (κ2) is 11.7. The van der Waals surface area contributed by atoms with Gasteiger partial charge < -0.3 is 4.90 Å². The Morgan fingerprint density at radius 2 is 0.944 bits per heavy atom. The first kappa shape index (κ1) is 35.1. The predicted molar refractivity (Wildman–Crippen MR) is 232 cm³/mol. The van der Waals surface area contributed by atoms with Gasteiger partial charge in [0.25, 0.3) is 0 Å². The average Bonchev–Trinajstić information content (AvgIpc) is 3.37. The fourth-order valence-corrected chi connectivity index (χ4v) is 10.6. The summed E-state index contributed by atoms with van der Waals surface area (Å²) in [4.78, 5) is 2.61. The molecular formula is C53H57N. The van der Waals surface area contributed by atoms with Gasteiger partial charge in [-0.15, -0.1) is 0 Å². The molecule has 0 aliphatic heterocycles. The van der Waals surface area contributed by atoms with Crippen LogP contribution in [0.3, 0.4) is 0 Å². The second-order valence-electron chi connectivity index (χ2n) is 19.9. The quantitative estimate of drug-likeness (QED) is 0.176. The zero-order valence-electron chi connectivity index (χ0n) is 34.2. The van der Waals surface area contributed by atoms with Crippen molar-refractivity contribution >= 4 is 27.8 Å². The molecule has 0 amide bonds. The first-order valence-electron chi connectivity index (χ1n) is 20.4. The van der Waals surface area contributed by atoms with Gasteiger partial charge in [0, 0.05) is 22.4 Å². The molecule has 0 atom stereocenters. The highest BCUT2D eigenvalue weighted by atomic mass is 15.1. The van der Waals surface area contributed by atoms with Crippen molar-refractivity contribution in [2.75, 3.05) is 4.90 Å². The summed E-state index contributed by atoms with van der Waals surface area (Å²) in [5.74, 6) is 0. The minimum atomic E-state index is -0.131. The van der Waals surface area contributed by atoms with Crippen LogP contribution >= 0.6 is 0 Å². The molecule has 9 rings (SSSR count). The van der Waals surface area contributed by atoms with Crippen molar-refractivity contribution in [3.63, 3.8) is 0 Å². The maximum atomic E-state index is 2.61. The van der Waals surface area contributed by atoms with Crippen LogP contribution in [0.5, 0.6) is 0 Å². The molecule has 0 aromatic heterocycles. The lowest BCUT2D eigenvalue weighted by molar-refractivity contribution is 0.332. The molecule has 0 spiro atoms. The maximum Gasteiger partial charge on any atom is 0.0543 e. The van der Waals surface area contributed by atoms with E-state index in [4.69, 9.17) is 0 Å². The van der Waals surface area contributed by atoms with Crippen LogP contribution in [0.4, 0.5) is 17.1 Å². The molecule has 3 aliphatic carbocycles. The van der Waals surface area contributed by atoms with Gasteiger partial charge in [-0.25, -0.2) is 0 Å². The minimum Gasteiger partial charge on any atom is -0.310 e. The Morgan fingerprint density at radius 1 is 0.370 bits per heavy atom. The molecule has 0 N–H and O–H groups in total. The Balaban J connectivity index is 1.40. The summed E-state index contributed by atoms with van der Waals surface area (Å²) in [6, 6.07) is 44.7. The van der Waals surface area contributed by atoms with E-state index in [2.05, 4.69) is 189 Å². The van der Waals surface area contributed by atoms with E-state index in [-0.39, 0.29) is 27.1 Å². The van der Waals surface area contributed by atoms with E-state index in [0.29, 0.717) is 0 Å². The molecule has 0 radical (unpaired) electrons. The zero-order valence-corrected chi connectivity index (χ0v) is 34.2. The largest absolute Gasteiger partial charge is 0.310 e. The first-order chi connectivity index (χ1) is 25.5. The highest BCUT2D eigenvalue weighted by molar-refractivity contribution is 5.97. The summed E-state index contributed by atoms with van der Waals surface area (Å²) in [5.41, 5.74) is 18.2. The number of nitrogens with zero attached hydrogens (tertiary/aromatic N) is 1. The lowest BCUT2D eigenvalue weighted by Gasteiger charge is -2.44. The van der Waals surface area contributed by atoms with E-state index >= 15 is 0 Å². The van der Waals surface area contributed by atoms with Crippen LogP contribution in [0.25, 0.3) is 33.0 Å². The van der Waals surface area contributed by atoms with E-state index in [0.717, 1.165) is 0 Å². The van der Waals surface area contributed by atoms with Crippen molar-refractivity contribution in [1.29, 1.82) is 0 Å². The Kier molecular flexibility index (Phi) is 7.60. The standard InChI is InChI=1S/C53H57N/c1-49(2)26-27-51(5,6)46-31-37(24-25-43(46)49)54(36-23-22-34-16-11-12-17-35(34)30-36)47-33-45-40(38-18-13-14-20-42(38)53(45,9)10)32-41(47)39-19-15-21-44-48(39)52(7,8)29-28-50(44,3)4/h11-25,30-33H,26-29H2,1-10H3. The Morgan fingerprint density at radius 3 is 1.70 bits per heavy atom. The number of fused-ring (bicyclic) bond motifs is 6. The Hall–Kier alpha value is -4.62. The van der Waals surface area contributed by atoms with Crippen LogP contribution in [0, 0.1) is 0 Å². The van der Waals surface area contributed by atoms with Gasteiger partial charge in [0.2, 0.25) is 0 Å². The average molecular weight is 708 g/mol. The van der Waals surface area contributed by atoms with Crippen LogP contribution in [-0.4, -0.2) is 0 Å². The van der Waals surface area contributed by atoms with Gasteiger partial charge in [-0.3, -0.25) is 0 Å². The van der Waals surface area contributed by atoms with Gasteiger partial charge in [-0.2, -0.15) is 0 Å². The molecule has 0 saturated carbocycles. The van der Waals surface area contributed by atoms with Gasteiger partial charge in [-0.05, 0) is 145 Å². The lowest BCUT2D eigenvalue weighted by Crippen LogP contribution is -2.34. The predicted octanol–water partition coefficient (Wildman–Crippen LogP) is 15.0. The van der Waals surface area contributed by atoms with Crippen LogP contribution in [0.1, 0.15) is 128 Å². The third-order valence-electron chi connectivity index (χ3n) is 14.2. The molecular weight excluding hydrogens is 651 g/mol. The highest BCUT2D eigenvalue weighted by Crippen LogP contribution is 2.57. The van der Waals surface area contributed by atoms with Crippen LogP contribution in [0.15, 0.2) is 115 Å². The third-order valence-corrected chi connectivity index (χ3v) is 14.2. The fourth-order valence-electron chi connectivity index (χ4n) is 10.6. The van der Waals surface area contributed by atoms with Gasteiger partial charge in [-0.1, -0.05) is 148 Å². The van der Waals surface area contributed by atoms with Crippen molar-refractivity contribution in [2.45, 2.75) is 122 Å². The number of rotatable bonds is 4. The van der Waals surface area contributed by atoms with Crippen molar-refractivity contribution < 1.29 is 0 Å². The third kappa shape index (κ3) is 5.25. The highest BCUT2D eigenvalue weighted by Gasteiger charge is 2.42. The monoisotopic (exact) mass is 707 g/mol. The lowest BCUT2D eigenvalue weighted by atomic mass is 9.61. The molecule has 0 saturated heterocycles. The molecule has 1 heteroatoms. The zero-order chi connectivity index (χ0) is 38.0. The molecule has 6 aromatic rings. The SMILES string of the molecule is CC1(C)CCC(C)(C)c2cc(N(c3ccc4ccccc4c3)c3cc4c(cc3-c3cccc5c3C(C)(C)CCC5(C)C)-c3ccccc3C4(C)C)ccc21. The van der Waals surface area contributed by atoms with E-state index in [1.165, 1.54) is 109 Å². The topological polar surface area (TPSA) is 3.24 Å². The van der Waals surface area contributed by atoms with Gasteiger partial charge in [0.15, 0.2) is 0 Å². The van der Waals surface area contributed by atoms with Crippen molar-refractivity contribution in [1.82, 2.24) is 0 Å². The minimum absolute atomic E-state index is 0.0457. The second-order valence-corrected chi connectivity index (χ2v) is 19.9. The summed E-state index contributed by atoms with van der Waals surface area (Å²) in [7, 11) is 0. The number of anilines is 3. The van der Waals surface area contributed by atoms with E-state index < -0.39 is 0 Å². The number of hydrogen-bond donors (Lipinski definition) is 0.